The van der Waals surface area contributed by atoms with Gasteiger partial charge in [0.05, 0.1) is 16.6 Å². The number of aromatic amines is 1. The molecule has 118 valence electrons. The Labute approximate surface area is 133 Å². The smallest absolute Gasteiger partial charge is 0.259 e. The van der Waals surface area contributed by atoms with E-state index in [9.17, 15) is 4.79 Å². The normalized spacial score (nSPS) is 11.2. The first-order chi connectivity index (χ1) is 10.9. The van der Waals surface area contributed by atoms with E-state index in [0.29, 0.717) is 34.2 Å². The van der Waals surface area contributed by atoms with Gasteiger partial charge in [-0.15, -0.1) is 0 Å². The van der Waals surface area contributed by atoms with Gasteiger partial charge in [-0.3, -0.25) is 4.79 Å². The molecule has 7 heteroatoms. The summed E-state index contributed by atoms with van der Waals surface area (Å²) in [7, 11) is 0. The minimum Gasteiger partial charge on any atom is -0.328 e. The molecule has 0 saturated heterocycles. The monoisotopic (exact) mass is 310 g/mol. The van der Waals surface area contributed by atoms with Gasteiger partial charge >= 0.3 is 0 Å². The lowest BCUT2D eigenvalue weighted by atomic mass is 10.1. The number of hydrogen-bond acceptors (Lipinski definition) is 6. The number of hydrogen-bond donors (Lipinski definition) is 2. The fraction of sp³-hybridized carbons (Fsp3) is 0.312. The molecule has 0 aliphatic heterocycles. The van der Waals surface area contributed by atoms with Crippen molar-refractivity contribution in [1.29, 1.82) is 0 Å². The van der Waals surface area contributed by atoms with Crippen LogP contribution in [0.4, 0.5) is 11.8 Å². The minimum atomic E-state index is -0.175. The van der Waals surface area contributed by atoms with E-state index in [1.807, 2.05) is 33.8 Å². The summed E-state index contributed by atoms with van der Waals surface area (Å²) in [5, 5.41) is 3.64. The Morgan fingerprint density at radius 3 is 2.61 bits per heavy atom. The summed E-state index contributed by atoms with van der Waals surface area (Å²) < 4.78 is 0. The average Bonchev–Trinajstić information content (AvgIpc) is 2.45. The van der Waals surface area contributed by atoms with Crippen LogP contribution in [0.25, 0.3) is 10.9 Å². The number of pyridine rings is 1. The van der Waals surface area contributed by atoms with Crippen LogP contribution in [0.3, 0.4) is 0 Å². The van der Waals surface area contributed by atoms with Crippen LogP contribution in [0.2, 0.25) is 0 Å². The van der Waals surface area contributed by atoms with Crippen LogP contribution >= 0.6 is 0 Å². The van der Waals surface area contributed by atoms with Gasteiger partial charge in [-0.25, -0.2) is 19.9 Å². The summed E-state index contributed by atoms with van der Waals surface area (Å²) in [5.74, 6) is 1.82. The number of aryl methyl sites for hydroxylation is 2. The van der Waals surface area contributed by atoms with E-state index in [0.717, 1.165) is 5.69 Å². The van der Waals surface area contributed by atoms with Crippen molar-refractivity contribution in [2.24, 2.45) is 0 Å². The molecule has 0 fully saturated rings. The Bertz CT molecular complexity index is 911. The van der Waals surface area contributed by atoms with Crippen LogP contribution in [0.15, 0.2) is 23.1 Å². The number of anilines is 2. The van der Waals surface area contributed by atoms with Crippen molar-refractivity contribution < 1.29 is 0 Å². The molecule has 0 bridgehead atoms. The van der Waals surface area contributed by atoms with Gasteiger partial charge in [0, 0.05) is 18.0 Å². The molecule has 0 aromatic carbocycles. The zero-order valence-electron chi connectivity index (χ0n) is 13.5. The molecule has 0 radical (unpaired) electrons. The van der Waals surface area contributed by atoms with E-state index in [4.69, 9.17) is 0 Å². The third kappa shape index (κ3) is 3.03. The molecule has 3 rings (SSSR count). The molecule has 3 heterocycles. The first kappa shape index (κ1) is 15.1. The third-order valence-electron chi connectivity index (χ3n) is 3.40. The highest BCUT2D eigenvalue weighted by Gasteiger charge is 2.14. The second-order valence-corrected chi connectivity index (χ2v) is 5.72. The Morgan fingerprint density at radius 1 is 1.13 bits per heavy atom. The number of fused-ring (bicyclic) bond motifs is 1. The van der Waals surface area contributed by atoms with Gasteiger partial charge in [0.25, 0.3) is 5.56 Å². The van der Waals surface area contributed by atoms with E-state index in [-0.39, 0.29) is 11.5 Å². The van der Waals surface area contributed by atoms with Gasteiger partial charge in [-0.05, 0) is 25.8 Å². The van der Waals surface area contributed by atoms with Crippen LogP contribution in [-0.2, 0) is 0 Å². The van der Waals surface area contributed by atoms with Crippen LogP contribution < -0.4 is 10.9 Å². The van der Waals surface area contributed by atoms with Crippen LogP contribution in [0.1, 0.15) is 37.0 Å². The van der Waals surface area contributed by atoms with Crippen LogP contribution in [0.5, 0.6) is 0 Å². The molecular formula is C16H18N6O. The number of nitrogens with one attached hydrogen (secondary N) is 2. The molecule has 3 aromatic heterocycles. The minimum absolute atomic E-state index is 0.0958. The number of rotatable bonds is 3. The van der Waals surface area contributed by atoms with E-state index in [1.165, 1.54) is 0 Å². The van der Waals surface area contributed by atoms with Crippen LogP contribution in [-0.4, -0.2) is 24.9 Å². The topological polar surface area (TPSA) is 96.5 Å². The van der Waals surface area contributed by atoms with Crippen molar-refractivity contribution >= 4 is 22.7 Å². The molecule has 0 unspecified atom stereocenters. The van der Waals surface area contributed by atoms with Gasteiger partial charge in [-0.2, -0.15) is 0 Å². The predicted molar refractivity (Wildman–Crippen MR) is 89.0 cm³/mol. The summed E-state index contributed by atoms with van der Waals surface area (Å²) in [5.41, 5.74) is 2.01. The molecule has 0 amide bonds. The van der Waals surface area contributed by atoms with Gasteiger partial charge in [0.15, 0.2) is 0 Å². The summed E-state index contributed by atoms with van der Waals surface area (Å²) in [4.78, 5) is 32.3. The molecule has 2 N–H and O–H groups in total. The quantitative estimate of drug-likeness (QED) is 0.772. The van der Waals surface area contributed by atoms with E-state index in [1.54, 1.807) is 12.3 Å². The van der Waals surface area contributed by atoms with Crippen molar-refractivity contribution in [3.8, 4) is 0 Å². The van der Waals surface area contributed by atoms with Gasteiger partial charge in [0.2, 0.25) is 5.95 Å². The molecule has 3 aromatic rings. The van der Waals surface area contributed by atoms with E-state index in [2.05, 4.69) is 30.2 Å². The molecule has 0 spiro atoms. The summed E-state index contributed by atoms with van der Waals surface area (Å²) in [6.07, 6.45) is 1.59. The van der Waals surface area contributed by atoms with Crippen molar-refractivity contribution in [3.63, 3.8) is 0 Å². The highest BCUT2D eigenvalue weighted by atomic mass is 16.1. The Morgan fingerprint density at radius 2 is 1.91 bits per heavy atom. The van der Waals surface area contributed by atoms with Crippen molar-refractivity contribution in [2.45, 2.75) is 33.6 Å². The first-order valence-electron chi connectivity index (χ1n) is 7.42. The molecular weight excluding hydrogens is 292 g/mol. The number of nitrogens with zero attached hydrogens (tertiary/aromatic N) is 4. The summed E-state index contributed by atoms with van der Waals surface area (Å²) in [6.45, 7) is 7.73. The maximum Gasteiger partial charge on any atom is 0.259 e. The van der Waals surface area contributed by atoms with E-state index >= 15 is 0 Å². The zero-order valence-corrected chi connectivity index (χ0v) is 13.5. The molecule has 0 aliphatic carbocycles. The number of aromatic nitrogens is 5. The van der Waals surface area contributed by atoms with Gasteiger partial charge in [0.1, 0.15) is 11.6 Å². The molecule has 23 heavy (non-hydrogen) atoms. The molecule has 0 saturated carbocycles. The molecule has 7 nitrogen and oxygen atoms in total. The maximum atomic E-state index is 12.1. The van der Waals surface area contributed by atoms with Gasteiger partial charge in [-0.1, -0.05) is 13.8 Å². The molecule has 0 aliphatic rings. The lowest BCUT2D eigenvalue weighted by Crippen LogP contribution is -2.13. The zero-order chi connectivity index (χ0) is 16.6. The summed E-state index contributed by atoms with van der Waals surface area (Å²) in [6, 6.07) is 3.60. The SMILES string of the molecule is Cc1cc(Nc2nc(C(C)C)c3c(=O)[nH]ccc3n2)nc(C)n1. The van der Waals surface area contributed by atoms with Crippen molar-refractivity contribution in [1.82, 2.24) is 24.9 Å². The largest absolute Gasteiger partial charge is 0.328 e. The fourth-order valence-corrected chi connectivity index (χ4v) is 2.49. The summed E-state index contributed by atoms with van der Waals surface area (Å²) >= 11 is 0. The van der Waals surface area contributed by atoms with Gasteiger partial charge < -0.3 is 10.3 Å². The third-order valence-corrected chi connectivity index (χ3v) is 3.40. The average molecular weight is 310 g/mol. The lowest BCUT2D eigenvalue weighted by Gasteiger charge is -2.11. The molecule has 0 atom stereocenters. The Hall–Kier alpha value is -2.83. The standard InChI is InChI=1S/C16H18N6O/c1-8(2)14-13-11(5-6-17-15(13)23)20-16(22-14)21-12-7-9(3)18-10(4)19-12/h5-8H,1-4H3,(H,17,23)(H,18,19,20,21,22). The second-order valence-electron chi connectivity index (χ2n) is 5.72. The van der Waals surface area contributed by atoms with Crippen molar-refractivity contribution in [2.75, 3.05) is 5.32 Å². The van der Waals surface area contributed by atoms with Crippen molar-refractivity contribution in [3.05, 3.63) is 45.9 Å². The highest BCUT2D eigenvalue weighted by Crippen LogP contribution is 2.22. The lowest BCUT2D eigenvalue weighted by molar-refractivity contribution is 0.828. The predicted octanol–water partition coefficient (Wildman–Crippen LogP) is 2.59. The Balaban J connectivity index is 2.13. The van der Waals surface area contributed by atoms with Crippen LogP contribution in [0, 0.1) is 13.8 Å². The second kappa shape index (κ2) is 5.75. The maximum absolute atomic E-state index is 12.1. The van der Waals surface area contributed by atoms with E-state index < -0.39 is 0 Å². The first-order valence-corrected chi connectivity index (χ1v) is 7.42. The highest BCUT2D eigenvalue weighted by molar-refractivity contribution is 5.81. The Kier molecular flexibility index (Phi) is 3.77. The number of H-pyrrole nitrogens is 1. The fourth-order valence-electron chi connectivity index (χ4n) is 2.49.